The number of anilines is 2. The summed E-state index contributed by atoms with van der Waals surface area (Å²) in [5.41, 5.74) is 5.15. The van der Waals surface area contributed by atoms with E-state index in [1.165, 1.54) is 0 Å². The molecular weight excluding hydrogens is 202 g/mol. The zero-order valence-corrected chi connectivity index (χ0v) is 9.07. The van der Waals surface area contributed by atoms with Crippen LogP contribution in [0.3, 0.4) is 0 Å². The minimum Gasteiger partial charge on any atom is -0.386 e. The number of hydrogen-bond donors (Lipinski definition) is 2. The maximum Gasteiger partial charge on any atom is 0.237 e. The highest BCUT2D eigenvalue weighted by Gasteiger charge is 2.02. The van der Waals surface area contributed by atoms with Crippen LogP contribution in [0.4, 0.5) is 11.4 Å². The van der Waals surface area contributed by atoms with Crippen LogP contribution in [0.15, 0.2) is 23.3 Å². The van der Waals surface area contributed by atoms with E-state index in [1.807, 2.05) is 25.1 Å². The number of benzene rings is 1. The first-order valence-corrected chi connectivity index (χ1v) is 4.64. The minimum absolute atomic E-state index is 0.205. The van der Waals surface area contributed by atoms with Crippen molar-refractivity contribution in [1.82, 2.24) is 0 Å². The fourth-order valence-electron chi connectivity index (χ4n) is 1.28. The lowest BCUT2D eigenvalue weighted by Gasteiger charge is -2.10. The van der Waals surface area contributed by atoms with Crippen LogP contribution in [0, 0.1) is 29.6 Å². The first-order chi connectivity index (χ1) is 7.72. The molecular formula is C11H11N5. The third kappa shape index (κ3) is 2.49. The molecule has 0 heterocycles. The molecule has 0 aliphatic carbocycles. The van der Waals surface area contributed by atoms with Gasteiger partial charge in [-0.3, -0.25) is 5.43 Å². The summed E-state index contributed by atoms with van der Waals surface area (Å²) in [4.78, 5) is 0. The van der Waals surface area contributed by atoms with Crippen molar-refractivity contribution >= 4 is 17.1 Å². The molecule has 0 saturated heterocycles. The molecule has 1 rings (SSSR count). The maximum atomic E-state index is 8.53. The van der Waals surface area contributed by atoms with Gasteiger partial charge in [0.2, 0.25) is 5.71 Å². The van der Waals surface area contributed by atoms with Crippen LogP contribution in [0.25, 0.3) is 0 Å². The number of nitriles is 2. The highest BCUT2D eigenvalue weighted by molar-refractivity contribution is 6.10. The predicted octanol–water partition coefficient (Wildman–Crippen LogP) is 1.85. The van der Waals surface area contributed by atoms with Crippen molar-refractivity contribution in [3.05, 3.63) is 23.8 Å². The summed E-state index contributed by atoms with van der Waals surface area (Å²) in [6.07, 6.45) is 0. The van der Waals surface area contributed by atoms with Crippen molar-refractivity contribution in [3.63, 3.8) is 0 Å². The average Bonchev–Trinajstić information content (AvgIpc) is 2.30. The molecule has 0 aromatic heterocycles. The molecule has 0 unspecified atom stereocenters. The second-order valence-electron chi connectivity index (χ2n) is 3.04. The molecule has 5 nitrogen and oxygen atoms in total. The molecule has 0 aliphatic rings. The van der Waals surface area contributed by atoms with Crippen molar-refractivity contribution in [2.24, 2.45) is 5.10 Å². The van der Waals surface area contributed by atoms with Gasteiger partial charge in [-0.25, -0.2) is 0 Å². The van der Waals surface area contributed by atoms with Crippen LogP contribution in [0.5, 0.6) is 0 Å². The number of hydrazone groups is 1. The summed E-state index contributed by atoms with van der Waals surface area (Å²) in [5, 5.41) is 23.8. The van der Waals surface area contributed by atoms with E-state index in [-0.39, 0.29) is 5.71 Å². The Labute approximate surface area is 94.0 Å². The van der Waals surface area contributed by atoms with Crippen LogP contribution < -0.4 is 10.7 Å². The SMILES string of the molecule is CNc1c(C)cccc1NN=C(C#N)C#N. The molecule has 1 aromatic rings. The van der Waals surface area contributed by atoms with Gasteiger partial charge in [0.05, 0.1) is 11.4 Å². The first kappa shape index (κ1) is 11.5. The van der Waals surface area contributed by atoms with E-state index >= 15 is 0 Å². The zero-order valence-electron chi connectivity index (χ0n) is 9.07. The molecule has 0 aliphatic heterocycles. The Hall–Kier alpha value is -2.53. The lowest BCUT2D eigenvalue weighted by atomic mass is 10.2. The smallest absolute Gasteiger partial charge is 0.237 e. The monoisotopic (exact) mass is 213 g/mol. The molecule has 0 saturated carbocycles. The summed E-state index contributed by atoms with van der Waals surface area (Å²) < 4.78 is 0. The highest BCUT2D eigenvalue weighted by atomic mass is 15.3. The summed E-state index contributed by atoms with van der Waals surface area (Å²) in [5.74, 6) is 0. The van der Waals surface area contributed by atoms with E-state index in [0.717, 1.165) is 16.9 Å². The van der Waals surface area contributed by atoms with Crippen molar-refractivity contribution < 1.29 is 0 Å². The number of nitrogens with zero attached hydrogens (tertiary/aromatic N) is 3. The molecule has 1 aromatic carbocycles. The fourth-order valence-corrected chi connectivity index (χ4v) is 1.28. The molecule has 0 spiro atoms. The van der Waals surface area contributed by atoms with Gasteiger partial charge in [0.25, 0.3) is 0 Å². The topological polar surface area (TPSA) is 84.0 Å². The minimum atomic E-state index is -0.205. The van der Waals surface area contributed by atoms with Gasteiger partial charge >= 0.3 is 0 Å². The maximum absolute atomic E-state index is 8.53. The lowest BCUT2D eigenvalue weighted by molar-refractivity contribution is 1.31. The number of hydrogen-bond acceptors (Lipinski definition) is 5. The normalized spacial score (nSPS) is 8.50. The van der Waals surface area contributed by atoms with Gasteiger partial charge < -0.3 is 5.32 Å². The van der Waals surface area contributed by atoms with Gasteiger partial charge in [-0.1, -0.05) is 12.1 Å². The Bertz CT molecular complexity index is 474. The molecule has 0 bridgehead atoms. The van der Waals surface area contributed by atoms with Crippen LogP contribution in [0.2, 0.25) is 0 Å². The van der Waals surface area contributed by atoms with Gasteiger partial charge in [0.15, 0.2) is 0 Å². The van der Waals surface area contributed by atoms with Crippen LogP contribution >= 0.6 is 0 Å². The second-order valence-corrected chi connectivity index (χ2v) is 3.04. The largest absolute Gasteiger partial charge is 0.386 e. The van der Waals surface area contributed by atoms with Gasteiger partial charge in [0.1, 0.15) is 12.1 Å². The Morgan fingerprint density at radius 1 is 1.31 bits per heavy atom. The van der Waals surface area contributed by atoms with Crippen LogP contribution in [0.1, 0.15) is 5.56 Å². The third-order valence-corrected chi connectivity index (χ3v) is 2.02. The fraction of sp³-hybridized carbons (Fsp3) is 0.182. The standard InChI is InChI=1S/C11H11N5/c1-8-4-3-5-10(11(8)14-2)16-15-9(6-12)7-13/h3-5,14,16H,1-2H3. The van der Waals surface area contributed by atoms with Crippen molar-refractivity contribution in [1.29, 1.82) is 10.5 Å². The Morgan fingerprint density at radius 2 is 2.00 bits per heavy atom. The summed E-state index contributed by atoms with van der Waals surface area (Å²) >= 11 is 0. The molecule has 0 atom stereocenters. The third-order valence-electron chi connectivity index (χ3n) is 2.02. The molecule has 0 fully saturated rings. The van der Waals surface area contributed by atoms with E-state index in [9.17, 15) is 0 Å². The molecule has 0 amide bonds. The van der Waals surface area contributed by atoms with E-state index in [0.29, 0.717) is 0 Å². The average molecular weight is 213 g/mol. The van der Waals surface area contributed by atoms with E-state index < -0.39 is 0 Å². The summed E-state index contributed by atoms with van der Waals surface area (Å²) in [7, 11) is 1.80. The van der Waals surface area contributed by atoms with Gasteiger partial charge in [-0.05, 0) is 18.6 Å². The highest BCUT2D eigenvalue weighted by Crippen LogP contribution is 2.24. The summed E-state index contributed by atoms with van der Waals surface area (Å²) in [6.45, 7) is 1.95. The van der Waals surface area contributed by atoms with Crippen molar-refractivity contribution in [3.8, 4) is 12.1 Å². The number of para-hydroxylation sites is 1. The van der Waals surface area contributed by atoms with E-state index in [4.69, 9.17) is 10.5 Å². The number of aryl methyl sites for hydroxylation is 1. The van der Waals surface area contributed by atoms with Crippen molar-refractivity contribution in [2.45, 2.75) is 6.92 Å². The number of rotatable bonds is 3. The van der Waals surface area contributed by atoms with Crippen LogP contribution in [-0.4, -0.2) is 12.8 Å². The molecule has 5 heteroatoms. The van der Waals surface area contributed by atoms with Crippen LogP contribution in [-0.2, 0) is 0 Å². The zero-order chi connectivity index (χ0) is 12.0. The molecule has 2 N–H and O–H groups in total. The molecule has 0 radical (unpaired) electrons. The molecule has 80 valence electrons. The first-order valence-electron chi connectivity index (χ1n) is 4.64. The van der Waals surface area contributed by atoms with Gasteiger partial charge in [0, 0.05) is 7.05 Å². The van der Waals surface area contributed by atoms with Crippen molar-refractivity contribution in [2.75, 3.05) is 17.8 Å². The van der Waals surface area contributed by atoms with Gasteiger partial charge in [-0.2, -0.15) is 15.6 Å². The Morgan fingerprint density at radius 3 is 2.56 bits per heavy atom. The number of nitrogens with one attached hydrogen (secondary N) is 2. The molecule has 16 heavy (non-hydrogen) atoms. The lowest BCUT2D eigenvalue weighted by Crippen LogP contribution is -2.01. The Kier molecular flexibility index (Phi) is 3.88. The Balaban J connectivity index is 3.00. The van der Waals surface area contributed by atoms with Gasteiger partial charge in [-0.15, -0.1) is 0 Å². The quantitative estimate of drug-likeness (QED) is 0.592. The van der Waals surface area contributed by atoms with E-state index in [2.05, 4.69) is 15.8 Å². The summed E-state index contributed by atoms with van der Waals surface area (Å²) in [6, 6.07) is 9.00. The second kappa shape index (κ2) is 5.38. The van der Waals surface area contributed by atoms with E-state index in [1.54, 1.807) is 19.2 Å². The predicted molar refractivity (Wildman–Crippen MR) is 63.0 cm³/mol.